The molecule has 2 atom stereocenters. The Labute approximate surface area is 119 Å². The number of hydrogen-bond acceptors (Lipinski definition) is 4. The Morgan fingerprint density at radius 3 is 2.05 bits per heavy atom. The first kappa shape index (κ1) is 14.5. The van der Waals surface area contributed by atoms with E-state index in [1.165, 1.54) is 0 Å². The smallest absolute Gasteiger partial charge is 0.118 e. The summed E-state index contributed by atoms with van der Waals surface area (Å²) in [7, 11) is 3.33. The van der Waals surface area contributed by atoms with Gasteiger partial charge in [-0.1, -0.05) is 42.5 Å². The number of methoxy groups -OCH3 is 2. The lowest BCUT2D eigenvalue weighted by atomic mass is 9.96. The molecule has 0 fully saturated rings. The molecule has 0 aliphatic rings. The van der Waals surface area contributed by atoms with E-state index in [0.29, 0.717) is 0 Å². The summed E-state index contributed by atoms with van der Waals surface area (Å²) in [5.41, 5.74) is 4.96. The van der Waals surface area contributed by atoms with Crippen LogP contribution in [0.5, 0.6) is 5.75 Å². The van der Waals surface area contributed by atoms with E-state index in [1.54, 1.807) is 14.2 Å². The normalized spacial score (nSPS) is 13.8. The van der Waals surface area contributed by atoms with Crippen molar-refractivity contribution in [3.8, 4) is 5.75 Å². The van der Waals surface area contributed by atoms with E-state index in [9.17, 15) is 0 Å². The van der Waals surface area contributed by atoms with Crippen LogP contribution in [0.25, 0.3) is 0 Å². The number of ether oxygens (including phenoxy) is 2. The number of benzene rings is 2. The van der Waals surface area contributed by atoms with Crippen molar-refractivity contribution in [3.05, 3.63) is 65.7 Å². The molecule has 0 saturated carbocycles. The van der Waals surface area contributed by atoms with E-state index < -0.39 is 0 Å². The van der Waals surface area contributed by atoms with Crippen LogP contribution in [0.1, 0.15) is 23.3 Å². The lowest BCUT2D eigenvalue weighted by Crippen LogP contribution is -2.33. The molecule has 0 aromatic heterocycles. The van der Waals surface area contributed by atoms with Crippen molar-refractivity contribution in [2.24, 2.45) is 5.84 Å². The summed E-state index contributed by atoms with van der Waals surface area (Å²) >= 11 is 0. The molecule has 2 aromatic carbocycles. The van der Waals surface area contributed by atoms with Crippen molar-refractivity contribution >= 4 is 0 Å². The molecule has 0 amide bonds. The molecule has 20 heavy (non-hydrogen) atoms. The van der Waals surface area contributed by atoms with E-state index in [-0.39, 0.29) is 12.1 Å². The van der Waals surface area contributed by atoms with Crippen molar-refractivity contribution in [2.45, 2.75) is 12.1 Å². The lowest BCUT2D eigenvalue weighted by molar-refractivity contribution is 0.0676. The van der Waals surface area contributed by atoms with Gasteiger partial charge in [-0.2, -0.15) is 0 Å². The van der Waals surface area contributed by atoms with Gasteiger partial charge in [0, 0.05) is 7.11 Å². The van der Waals surface area contributed by atoms with Gasteiger partial charge in [0.25, 0.3) is 0 Å². The third-order valence-electron chi connectivity index (χ3n) is 3.34. The SMILES string of the molecule is COc1ccc(C(NN)C(OC)c2ccccc2)cc1. The van der Waals surface area contributed by atoms with Crippen LogP contribution in [-0.4, -0.2) is 14.2 Å². The largest absolute Gasteiger partial charge is 0.497 e. The van der Waals surface area contributed by atoms with Gasteiger partial charge in [-0.15, -0.1) is 0 Å². The predicted octanol–water partition coefficient (Wildman–Crippen LogP) is 2.59. The maximum atomic E-state index is 5.73. The third-order valence-corrected chi connectivity index (χ3v) is 3.34. The Hall–Kier alpha value is -1.88. The summed E-state index contributed by atoms with van der Waals surface area (Å²) in [5, 5.41) is 0. The van der Waals surface area contributed by atoms with Crippen LogP contribution in [0, 0.1) is 0 Å². The molecule has 0 aliphatic heterocycles. The van der Waals surface area contributed by atoms with Gasteiger partial charge in [-0.05, 0) is 23.3 Å². The molecule has 0 radical (unpaired) electrons. The minimum Gasteiger partial charge on any atom is -0.497 e. The molecule has 2 unspecified atom stereocenters. The van der Waals surface area contributed by atoms with Gasteiger partial charge < -0.3 is 9.47 Å². The van der Waals surface area contributed by atoms with E-state index in [2.05, 4.69) is 5.43 Å². The molecule has 0 heterocycles. The minimum atomic E-state index is -0.158. The van der Waals surface area contributed by atoms with E-state index in [4.69, 9.17) is 15.3 Å². The quantitative estimate of drug-likeness (QED) is 0.627. The highest BCUT2D eigenvalue weighted by Crippen LogP contribution is 2.31. The monoisotopic (exact) mass is 272 g/mol. The second kappa shape index (κ2) is 7.05. The van der Waals surface area contributed by atoms with Crippen LogP contribution in [-0.2, 0) is 4.74 Å². The summed E-state index contributed by atoms with van der Waals surface area (Å²) in [6.45, 7) is 0. The van der Waals surface area contributed by atoms with Crippen molar-refractivity contribution < 1.29 is 9.47 Å². The van der Waals surface area contributed by atoms with Gasteiger partial charge in [0.2, 0.25) is 0 Å². The van der Waals surface area contributed by atoms with Crippen LogP contribution in [0.4, 0.5) is 0 Å². The van der Waals surface area contributed by atoms with E-state index >= 15 is 0 Å². The third kappa shape index (κ3) is 3.17. The zero-order valence-electron chi connectivity index (χ0n) is 11.7. The molecule has 2 aromatic rings. The Morgan fingerprint density at radius 1 is 0.900 bits per heavy atom. The first-order valence-electron chi connectivity index (χ1n) is 6.48. The highest BCUT2D eigenvalue weighted by atomic mass is 16.5. The lowest BCUT2D eigenvalue weighted by Gasteiger charge is -2.26. The van der Waals surface area contributed by atoms with Crippen molar-refractivity contribution in [2.75, 3.05) is 14.2 Å². The summed E-state index contributed by atoms with van der Waals surface area (Å²) in [6.07, 6.45) is -0.158. The van der Waals surface area contributed by atoms with Crippen molar-refractivity contribution in [1.82, 2.24) is 5.43 Å². The van der Waals surface area contributed by atoms with Gasteiger partial charge in [0.1, 0.15) is 11.9 Å². The second-order valence-corrected chi connectivity index (χ2v) is 4.48. The van der Waals surface area contributed by atoms with Crippen LogP contribution in [0.15, 0.2) is 54.6 Å². The van der Waals surface area contributed by atoms with Crippen molar-refractivity contribution in [1.29, 1.82) is 0 Å². The average Bonchev–Trinajstić information content (AvgIpc) is 2.53. The number of rotatable bonds is 6. The Kier molecular flexibility index (Phi) is 5.12. The maximum absolute atomic E-state index is 5.73. The molecule has 4 nitrogen and oxygen atoms in total. The number of hydrazine groups is 1. The molecule has 3 N–H and O–H groups in total. The zero-order chi connectivity index (χ0) is 14.4. The van der Waals surface area contributed by atoms with E-state index in [0.717, 1.165) is 16.9 Å². The predicted molar refractivity (Wildman–Crippen MR) is 79.3 cm³/mol. The maximum Gasteiger partial charge on any atom is 0.118 e. The van der Waals surface area contributed by atoms with Crippen LogP contribution < -0.4 is 16.0 Å². The van der Waals surface area contributed by atoms with Gasteiger partial charge in [-0.3, -0.25) is 11.3 Å². The highest BCUT2D eigenvalue weighted by molar-refractivity contribution is 5.31. The Bertz CT molecular complexity index is 514. The molecule has 106 valence electrons. The van der Waals surface area contributed by atoms with Gasteiger partial charge >= 0.3 is 0 Å². The summed E-state index contributed by atoms with van der Waals surface area (Å²) in [4.78, 5) is 0. The molecule has 0 spiro atoms. The molecule has 0 aliphatic carbocycles. The van der Waals surface area contributed by atoms with E-state index in [1.807, 2.05) is 54.6 Å². The number of nitrogens with two attached hydrogens (primary N) is 1. The minimum absolute atomic E-state index is 0.131. The Morgan fingerprint density at radius 2 is 1.55 bits per heavy atom. The van der Waals surface area contributed by atoms with Crippen LogP contribution >= 0.6 is 0 Å². The second-order valence-electron chi connectivity index (χ2n) is 4.48. The number of hydrogen-bond donors (Lipinski definition) is 2. The summed E-state index contributed by atoms with van der Waals surface area (Å²) in [6, 6.07) is 17.7. The fraction of sp³-hybridized carbons (Fsp3) is 0.250. The molecule has 0 bridgehead atoms. The molecule has 0 saturated heterocycles. The zero-order valence-corrected chi connectivity index (χ0v) is 11.7. The first-order valence-corrected chi connectivity index (χ1v) is 6.48. The van der Waals surface area contributed by atoms with Gasteiger partial charge in [0.15, 0.2) is 0 Å². The molecule has 2 rings (SSSR count). The molecular weight excluding hydrogens is 252 g/mol. The fourth-order valence-corrected chi connectivity index (χ4v) is 2.28. The van der Waals surface area contributed by atoms with Crippen LogP contribution in [0.3, 0.4) is 0 Å². The Balaban J connectivity index is 2.29. The standard InChI is InChI=1S/C16H20N2O2/c1-19-14-10-8-12(9-11-14)15(18-17)16(20-2)13-6-4-3-5-7-13/h3-11,15-16,18H,17H2,1-2H3. The molecular formula is C16H20N2O2. The fourth-order valence-electron chi connectivity index (χ4n) is 2.28. The van der Waals surface area contributed by atoms with Crippen molar-refractivity contribution in [3.63, 3.8) is 0 Å². The van der Waals surface area contributed by atoms with Gasteiger partial charge in [0.05, 0.1) is 13.2 Å². The topological polar surface area (TPSA) is 56.5 Å². The first-order chi connectivity index (χ1) is 9.80. The van der Waals surface area contributed by atoms with Gasteiger partial charge in [-0.25, -0.2) is 0 Å². The average molecular weight is 272 g/mol. The van der Waals surface area contributed by atoms with Crippen LogP contribution in [0.2, 0.25) is 0 Å². The highest BCUT2D eigenvalue weighted by Gasteiger charge is 2.23. The summed E-state index contributed by atoms with van der Waals surface area (Å²) in [5.74, 6) is 6.55. The number of nitrogens with one attached hydrogen (secondary N) is 1. The molecule has 4 heteroatoms. The summed E-state index contributed by atoms with van der Waals surface area (Å²) < 4.78 is 10.8.